The Hall–Kier alpha value is -1.88. The third kappa shape index (κ3) is 2.93. The van der Waals surface area contributed by atoms with Crippen molar-refractivity contribution >= 4 is 22.9 Å². The van der Waals surface area contributed by atoms with Gasteiger partial charge in [-0.05, 0) is 31.5 Å². The lowest BCUT2D eigenvalue weighted by atomic mass is 10.1. The highest BCUT2D eigenvalue weighted by Crippen LogP contribution is 2.24. The number of nitrogens with one attached hydrogen (secondary N) is 2. The Bertz CT molecular complexity index is 566. The van der Waals surface area contributed by atoms with Crippen molar-refractivity contribution in [3.63, 3.8) is 0 Å². The average Bonchev–Trinajstić information content (AvgIpc) is 2.94. The van der Waals surface area contributed by atoms with E-state index >= 15 is 0 Å². The molecule has 1 aromatic heterocycles. The molecule has 1 amide bonds. The van der Waals surface area contributed by atoms with Crippen molar-refractivity contribution in [2.45, 2.75) is 19.9 Å². The van der Waals surface area contributed by atoms with Crippen LogP contribution in [0.3, 0.4) is 0 Å². The second kappa shape index (κ2) is 5.84. The average molecular weight is 275 g/mol. The third-order valence-electron chi connectivity index (χ3n) is 3.07. The fraction of sp³-hybridized carbons (Fsp3) is 0.286. The van der Waals surface area contributed by atoms with E-state index < -0.39 is 0 Å². The van der Waals surface area contributed by atoms with Crippen molar-refractivity contribution in [2.24, 2.45) is 0 Å². The molecule has 0 aliphatic carbocycles. The quantitative estimate of drug-likeness (QED) is 0.902. The molecule has 1 aromatic carbocycles. The Morgan fingerprint density at radius 3 is 2.84 bits per heavy atom. The van der Waals surface area contributed by atoms with Gasteiger partial charge in [-0.3, -0.25) is 4.79 Å². The number of benzene rings is 1. The van der Waals surface area contributed by atoms with Crippen LogP contribution in [0.5, 0.6) is 0 Å². The molecule has 5 heteroatoms. The van der Waals surface area contributed by atoms with Crippen molar-refractivity contribution in [2.75, 3.05) is 12.4 Å². The van der Waals surface area contributed by atoms with Crippen LogP contribution in [0.4, 0.5) is 5.69 Å². The molecule has 0 aliphatic rings. The van der Waals surface area contributed by atoms with Crippen molar-refractivity contribution in [3.05, 3.63) is 45.9 Å². The van der Waals surface area contributed by atoms with Crippen LogP contribution in [0.25, 0.3) is 0 Å². The van der Waals surface area contributed by atoms with Gasteiger partial charge in [-0.1, -0.05) is 6.07 Å². The minimum absolute atomic E-state index is 0.0672. The number of nitrogens with zero attached hydrogens (tertiary/aromatic N) is 1. The Labute approximate surface area is 116 Å². The summed E-state index contributed by atoms with van der Waals surface area (Å²) >= 11 is 1.58. The van der Waals surface area contributed by atoms with Gasteiger partial charge in [0.25, 0.3) is 5.91 Å². The number of carbonyl (C=O) groups is 1. The molecule has 19 heavy (non-hydrogen) atoms. The Kier molecular flexibility index (Phi) is 4.16. The molecule has 0 spiro atoms. The summed E-state index contributed by atoms with van der Waals surface area (Å²) in [5.41, 5.74) is 5.43. The van der Waals surface area contributed by atoms with E-state index in [0.29, 0.717) is 5.56 Å². The first-order chi connectivity index (χ1) is 9.13. The van der Waals surface area contributed by atoms with Crippen LogP contribution in [0.15, 0.2) is 29.1 Å². The third-order valence-corrected chi connectivity index (χ3v) is 3.68. The lowest BCUT2D eigenvalue weighted by molar-refractivity contribution is 0.0962. The minimum Gasteiger partial charge on any atom is -0.377 e. The van der Waals surface area contributed by atoms with Crippen LogP contribution in [0.1, 0.15) is 34.6 Å². The van der Waals surface area contributed by atoms with Gasteiger partial charge in [0.15, 0.2) is 0 Å². The summed E-state index contributed by atoms with van der Waals surface area (Å²) in [6.45, 7) is 4.00. The first-order valence-corrected chi connectivity index (χ1v) is 7.04. The SMILES string of the molecule is CNC(=O)c1cccc(NC(C)c2cscn2)c1C. The molecule has 2 rings (SSSR count). The molecule has 100 valence electrons. The predicted molar refractivity (Wildman–Crippen MR) is 78.7 cm³/mol. The van der Waals surface area contributed by atoms with Crippen molar-refractivity contribution in [3.8, 4) is 0 Å². The van der Waals surface area contributed by atoms with Crippen LogP contribution in [-0.4, -0.2) is 17.9 Å². The van der Waals surface area contributed by atoms with Gasteiger partial charge >= 0.3 is 0 Å². The van der Waals surface area contributed by atoms with Gasteiger partial charge in [-0.2, -0.15) is 0 Å². The van der Waals surface area contributed by atoms with Crippen LogP contribution >= 0.6 is 11.3 Å². The maximum absolute atomic E-state index is 11.8. The monoisotopic (exact) mass is 275 g/mol. The van der Waals surface area contributed by atoms with E-state index in [2.05, 4.69) is 22.5 Å². The van der Waals surface area contributed by atoms with Crippen LogP contribution in [-0.2, 0) is 0 Å². The van der Waals surface area contributed by atoms with Crippen LogP contribution in [0, 0.1) is 6.92 Å². The first kappa shape index (κ1) is 13.5. The van der Waals surface area contributed by atoms with Gasteiger partial charge < -0.3 is 10.6 Å². The first-order valence-electron chi connectivity index (χ1n) is 6.09. The van der Waals surface area contributed by atoms with E-state index in [0.717, 1.165) is 16.9 Å². The van der Waals surface area contributed by atoms with Gasteiger partial charge in [-0.25, -0.2) is 4.98 Å². The maximum atomic E-state index is 11.8. The summed E-state index contributed by atoms with van der Waals surface area (Å²) in [6, 6.07) is 5.80. The number of thiazole rings is 1. The molecule has 2 N–H and O–H groups in total. The van der Waals surface area contributed by atoms with E-state index in [1.807, 2.05) is 36.0 Å². The van der Waals surface area contributed by atoms with Gasteiger partial charge in [-0.15, -0.1) is 11.3 Å². The molecule has 2 aromatic rings. The van der Waals surface area contributed by atoms with E-state index in [1.54, 1.807) is 18.4 Å². The number of carbonyl (C=O) groups excluding carboxylic acids is 1. The lowest BCUT2D eigenvalue weighted by Crippen LogP contribution is -2.19. The summed E-state index contributed by atoms with van der Waals surface area (Å²) in [6.07, 6.45) is 0. The Balaban J connectivity index is 2.24. The zero-order chi connectivity index (χ0) is 13.8. The molecular formula is C14H17N3OS. The minimum atomic E-state index is -0.0672. The molecule has 1 unspecified atom stereocenters. The molecule has 0 bridgehead atoms. The normalized spacial score (nSPS) is 11.9. The molecule has 1 heterocycles. The summed E-state index contributed by atoms with van der Waals surface area (Å²) in [5, 5.41) is 8.07. The van der Waals surface area contributed by atoms with Gasteiger partial charge in [0.1, 0.15) is 0 Å². The number of rotatable bonds is 4. The molecule has 0 radical (unpaired) electrons. The van der Waals surface area contributed by atoms with Crippen molar-refractivity contribution in [1.29, 1.82) is 0 Å². The molecule has 1 atom stereocenters. The van der Waals surface area contributed by atoms with E-state index in [9.17, 15) is 4.79 Å². The summed E-state index contributed by atoms with van der Waals surface area (Å²) in [4.78, 5) is 16.0. The number of hydrogen-bond donors (Lipinski definition) is 2. The molecular weight excluding hydrogens is 258 g/mol. The summed E-state index contributed by atoms with van der Waals surface area (Å²) < 4.78 is 0. The fourth-order valence-electron chi connectivity index (χ4n) is 1.92. The highest BCUT2D eigenvalue weighted by atomic mass is 32.1. The molecule has 0 saturated carbocycles. The van der Waals surface area contributed by atoms with Crippen LogP contribution in [0.2, 0.25) is 0 Å². The lowest BCUT2D eigenvalue weighted by Gasteiger charge is -2.17. The fourth-order valence-corrected chi connectivity index (χ4v) is 2.56. The number of amides is 1. The number of anilines is 1. The van der Waals surface area contributed by atoms with Crippen molar-refractivity contribution in [1.82, 2.24) is 10.3 Å². The zero-order valence-electron chi connectivity index (χ0n) is 11.2. The van der Waals surface area contributed by atoms with Gasteiger partial charge in [0.05, 0.1) is 17.2 Å². The molecule has 4 nitrogen and oxygen atoms in total. The number of aromatic nitrogens is 1. The maximum Gasteiger partial charge on any atom is 0.251 e. The molecule has 0 aliphatic heterocycles. The second-order valence-corrected chi connectivity index (χ2v) is 5.06. The highest BCUT2D eigenvalue weighted by Gasteiger charge is 2.13. The highest BCUT2D eigenvalue weighted by molar-refractivity contribution is 7.07. The van der Waals surface area contributed by atoms with Gasteiger partial charge in [0, 0.05) is 23.7 Å². The van der Waals surface area contributed by atoms with E-state index in [4.69, 9.17) is 0 Å². The van der Waals surface area contributed by atoms with Gasteiger partial charge in [0.2, 0.25) is 0 Å². The standard InChI is InChI=1S/C14H17N3OS/c1-9-11(14(18)15-3)5-4-6-12(9)17-10(2)13-7-19-8-16-13/h4-8,10,17H,1-3H3,(H,15,18). The smallest absolute Gasteiger partial charge is 0.251 e. The zero-order valence-corrected chi connectivity index (χ0v) is 12.0. The summed E-state index contributed by atoms with van der Waals surface area (Å²) in [5.74, 6) is -0.0672. The topological polar surface area (TPSA) is 54.0 Å². The van der Waals surface area contributed by atoms with E-state index in [-0.39, 0.29) is 11.9 Å². The second-order valence-electron chi connectivity index (χ2n) is 4.34. The van der Waals surface area contributed by atoms with Crippen LogP contribution < -0.4 is 10.6 Å². The molecule has 0 fully saturated rings. The Morgan fingerprint density at radius 1 is 1.42 bits per heavy atom. The predicted octanol–water partition coefficient (Wildman–Crippen LogP) is 2.98. The largest absolute Gasteiger partial charge is 0.377 e. The summed E-state index contributed by atoms with van der Waals surface area (Å²) in [7, 11) is 1.64. The Morgan fingerprint density at radius 2 is 2.21 bits per heavy atom. The molecule has 0 saturated heterocycles. The van der Waals surface area contributed by atoms with Crippen molar-refractivity contribution < 1.29 is 4.79 Å². The van der Waals surface area contributed by atoms with E-state index in [1.165, 1.54) is 0 Å². The number of hydrogen-bond acceptors (Lipinski definition) is 4.